The molecule has 3 heterocycles. The predicted octanol–water partition coefficient (Wildman–Crippen LogP) is 4.45. The van der Waals surface area contributed by atoms with Gasteiger partial charge in [-0.3, -0.25) is 24.1 Å². The highest BCUT2D eigenvalue weighted by Gasteiger charge is 2.62. The third kappa shape index (κ3) is 7.54. The number of ether oxygens (including phenoxy) is 2. The Morgan fingerprint density at radius 3 is 2.40 bits per heavy atom. The molecule has 0 bridgehead atoms. The van der Waals surface area contributed by atoms with Gasteiger partial charge in [0, 0.05) is 45.2 Å². The Morgan fingerprint density at radius 2 is 1.81 bits per heavy atom. The van der Waals surface area contributed by atoms with Crippen molar-refractivity contribution in [2.75, 3.05) is 19.0 Å². The Labute approximate surface area is 308 Å². The number of pyridine rings is 2. The molecule has 13 nitrogen and oxygen atoms in total. The second-order valence-corrected chi connectivity index (χ2v) is 17.5. The van der Waals surface area contributed by atoms with Crippen LogP contribution in [0.25, 0.3) is 10.8 Å². The first-order valence-electron chi connectivity index (χ1n) is 17.3. The zero-order valence-corrected chi connectivity index (χ0v) is 31.7. The van der Waals surface area contributed by atoms with Crippen LogP contribution >= 0.6 is 11.6 Å². The number of fused-ring (bicyclic) bond motifs is 1. The number of methoxy groups -OCH3 is 1. The fourth-order valence-electron chi connectivity index (χ4n) is 6.87. The summed E-state index contributed by atoms with van der Waals surface area (Å²) in [6.45, 7) is 13.3. The van der Waals surface area contributed by atoms with E-state index in [1.165, 1.54) is 24.3 Å². The molecular weight excluding hydrogens is 708 g/mol. The van der Waals surface area contributed by atoms with Crippen molar-refractivity contribution in [3.05, 3.63) is 65.6 Å². The van der Waals surface area contributed by atoms with Crippen LogP contribution in [0.5, 0.6) is 11.6 Å². The number of hydrogen-bond acceptors (Lipinski definition) is 10. The van der Waals surface area contributed by atoms with E-state index in [9.17, 15) is 22.8 Å². The summed E-state index contributed by atoms with van der Waals surface area (Å²) in [5.74, 6) is -1.50. The number of sulfonamides is 1. The van der Waals surface area contributed by atoms with Crippen molar-refractivity contribution in [1.82, 2.24) is 24.9 Å². The molecule has 2 aliphatic carbocycles. The molecule has 2 saturated carbocycles. The van der Waals surface area contributed by atoms with E-state index in [2.05, 4.69) is 31.9 Å². The smallest absolute Gasteiger partial charge is 0.259 e. The zero-order valence-electron chi connectivity index (χ0n) is 30.2. The van der Waals surface area contributed by atoms with Crippen LogP contribution in [-0.2, 0) is 24.4 Å². The maximum absolute atomic E-state index is 14.7. The van der Waals surface area contributed by atoms with Gasteiger partial charge < -0.3 is 25.0 Å². The van der Waals surface area contributed by atoms with Gasteiger partial charge in [0.25, 0.3) is 5.91 Å². The molecule has 1 aliphatic heterocycles. The molecule has 0 radical (unpaired) electrons. The summed E-state index contributed by atoms with van der Waals surface area (Å²) in [7, 11) is -2.34. The van der Waals surface area contributed by atoms with E-state index in [1.807, 2.05) is 46.8 Å². The van der Waals surface area contributed by atoms with Crippen molar-refractivity contribution < 1.29 is 32.3 Å². The quantitative estimate of drug-likeness (QED) is 0.225. The molecule has 52 heavy (non-hydrogen) atoms. The molecular formula is C37H45ClN6O7S. The highest BCUT2D eigenvalue weighted by Crippen LogP contribution is 2.46. The van der Waals surface area contributed by atoms with Crippen LogP contribution in [0.15, 0.2) is 49.2 Å². The van der Waals surface area contributed by atoms with Gasteiger partial charge >= 0.3 is 0 Å². The summed E-state index contributed by atoms with van der Waals surface area (Å²) >= 11 is 6.36. The number of carbonyl (C=O) groups is 3. The number of anilines is 1. The minimum absolute atomic E-state index is 0.0233. The van der Waals surface area contributed by atoms with Gasteiger partial charge in [0.15, 0.2) is 0 Å². The number of amides is 3. The van der Waals surface area contributed by atoms with Gasteiger partial charge in [-0.1, -0.05) is 38.4 Å². The van der Waals surface area contributed by atoms with Crippen molar-refractivity contribution in [3.8, 4) is 11.6 Å². The maximum atomic E-state index is 14.7. The van der Waals surface area contributed by atoms with Crippen LogP contribution in [-0.4, -0.2) is 83.6 Å². The maximum Gasteiger partial charge on any atom is 0.259 e. The lowest BCUT2D eigenvalue weighted by molar-refractivity contribution is -0.141. The van der Waals surface area contributed by atoms with Gasteiger partial charge in [0.05, 0.1) is 25.1 Å². The monoisotopic (exact) mass is 752 g/mol. The van der Waals surface area contributed by atoms with Crippen molar-refractivity contribution in [2.24, 2.45) is 11.3 Å². The minimum Gasteiger partial charge on any atom is -0.494 e. The van der Waals surface area contributed by atoms with Crippen LogP contribution in [0.4, 0.5) is 5.69 Å². The van der Waals surface area contributed by atoms with Crippen molar-refractivity contribution in [2.45, 2.75) is 89.3 Å². The van der Waals surface area contributed by atoms with Gasteiger partial charge in [-0.15, -0.1) is 6.58 Å². The number of benzene rings is 1. The normalized spacial score (nSPS) is 23.4. The van der Waals surface area contributed by atoms with E-state index < -0.39 is 62.1 Å². The Kier molecular flexibility index (Phi) is 9.94. The van der Waals surface area contributed by atoms with E-state index >= 15 is 0 Å². The van der Waals surface area contributed by atoms with Crippen LogP contribution in [0, 0.1) is 25.2 Å². The molecule has 5 atom stereocenters. The lowest BCUT2D eigenvalue weighted by Crippen LogP contribution is -2.58. The lowest BCUT2D eigenvalue weighted by Gasteiger charge is -2.36. The standard InChI is InChI=1S/C37H45ClN6O7S/c1-8-22-17-37(22,35(47)43-52(48,49)26-10-11-26)42-32(45)29-16-25(51-33-28-15-23(38)9-12-27(28)30(50-7)18-39-33)19-44(29)34(46)31(36(4,5)6)41-24-13-20(2)40-21(3)14-24/h8-9,12-15,18,22,25-26,29,31H,1,10-11,16-17,19H2,2-7H3,(H,40,41)(H,42,45)(H,43,47)/t22-,25-,29+,31-,37-/m1/s1. The molecule has 3 aromatic rings. The molecule has 15 heteroatoms. The molecule has 2 aromatic heterocycles. The summed E-state index contributed by atoms with van der Waals surface area (Å²) in [6, 6.07) is 7.08. The summed E-state index contributed by atoms with van der Waals surface area (Å²) in [4.78, 5) is 53.0. The van der Waals surface area contributed by atoms with E-state index in [-0.39, 0.29) is 31.2 Å². The second kappa shape index (κ2) is 13.8. The number of likely N-dealkylation sites (tertiary alicyclic amines) is 1. The highest BCUT2D eigenvalue weighted by molar-refractivity contribution is 7.91. The molecule has 1 saturated heterocycles. The lowest BCUT2D eigenvalue weighted by atomic mass is 9.85. The van der Waals surface area contributed by atoms with E-state index in [1.54, 1.807) is 18.2 Å². The topological polar surface area (TPSA) is 169 Å². The molecule has 3 N–H and O–H groups in total. The molecule has 3 aliphatic rings. The van der Waals surface area contributed by atoms with Crippen molar-refractivity contribution >= 4 is 55.8 Å². The first kappa shape index (κ1) is 37.3. The number of nitrogens with zero attached hydrogens (tertiary/aromatic N) is 3. The van der Waals surface area contributed by atoms with Crippen LogP contribution in [0.3, 0.4) is 0 Å². The molecule has 3 fully saturated rings. The molecule has 0 unspecified atom stereocenters. The first-order chi connectivity index (χ1) is 24.4. The Hall–Kier alpha value is -4.43. The average molecular weight is 753 g/mol. The van der Waals surface area contributed by atoms with Gasteiger partial charge in [0.1, 0.15) is 29.5 Å². The molecule has 6 rings (SSSR count). The summed E-state index contributed by atoms with van der Waals surface area (Å²) in [5, 5.41) is 7.38. The molecule has 1 aromatic carbocycles. The Morgan fingerprint density at radius 1 is 1.12 bits per heavy atom. The third-order valence-electron chi connectivity index (χ3n) is 9.88. The highest BCUT2D eigenvalue weighted by atomic mass is 35.5. The Balaban J connectivity index is 1.33. The van der Waals surface area contributed by atoms with Crippen molar-refractivity contribution in [1.29, 1.82) is 0 Å². The van der Waals surface area contributed by atoms with Crippen LogP contribution < -0.4 is 24.8 Å². The third-order valence-corrected chi connectivity index (χ3v) is 11.9. The van der Waals surface area contributed by atoms with E-state index in [0.717, 1.165) is 16.8 Å². The van der Waals surface area contributed by atoms with E-state index in [4.69, 9.17) is 21.1 Å². The number of aromatic nitrogens is 2. The van der Waals surface area contributed by atoms with Crippen LogP contribution in [0.2, 0.25) is 5.02 Å². The summed E-state index contributed by atoms with van der Waals surface area (Å²) < 4.78 is 39.6. The summed E-state index contributed by atoms with van der Waals surface area (Å²) in [5.41, 5.74) is 0.128. The predicted molar refractivity (Wildman–Crippen MR) is 198 cm³/mol. The number of hydrogen-bond donors (Lipinski definition) is 3. The average Bonchev–Trinajstić information content (AvgIpc) is 3.99. The number of aryl methyl sites for hydroxylation is 2. The fraction of sp³-hybridized carbons (Fsp3) is 0.486. The van der Waals surface area contributed by atoms with Crippen LogP contribution in [0.1, 0.15) is 57.8 Å². The SMILES string of the molecule is C=C[C@@H]1C[C@]1(NC(=O)[C@@H]1C[C@@H](Oc2ncc(OC)c3ccc(Cl)cc23)CN1C(=O)[C@@H](Nc1cc(C)nc(C)c1)C(C)(C)C)C(=O)NS(=O)(=O)C1CC1. The molecule has 3 amide bonds. The number of carbonyl (C=O) groups excluding carboxylic acids is 3. The number of halogens is 1. The molecule has 0 spiro atoms. The second-order valence-electron chi connectivity index (χ2n) is 15.1. The summed E-state index contributed by atoms with van der Waals surface area (Å²) in [6.07, 6.45) is 3.55. The largest absolute Gasteiger partial charge is 0.494 e. The number of rotatable bonds is 12. The van der Waals surface area contributed by atoms with Gasteiger partial charge in [-0.25, -0.2) is 13.4 Å². The van der Waals surface area contributed by atoms with Gasteiger partial charge in [-0.2, -0.15) is 0 Å². The fourth-order valence-corrected chi connectivity index (χ4v) is 8.41. The number of nitrogens with one attached hydrogen (secondary N) is 3. The Bertz CT molecular complexity index is 2030. The molecule has 278 valence electrons. The van der Waals surface area contributed by atoms with Gasteiger partial charge in [0.2, 0.25) is 27.7 Å². The van der Waals surface area contributed by atoms with Crippen molar-refractivity contribution in [3.63, 3.8) is 0 Å². The van der Waals surface area contributed by atoms with Gasteiger partial charge in [-0.05, 0) is 68.9 Å². The zero-order chi connectivity index (χ0) is 37.7. The van der Waals surface area contributed by atoms with E-state index in [0.29, 0.717) is 34.7 Å². The first-order valence-corrected chi connectivity index (χ1v) is 19.2. The minimum atomic E-state index is -3.88.